The Kier molecular flexibility index (Phi) is 9.16. The monoisotopic (exact) mass is 322 g/mol. The van der Waals surface area contributed by atoms with Crippen LogP contribution in [0.5, 0.6) is 0 Å². The molecule has 0 aliphatic rings. The molecule has 0 rings (SSSR count). The van der Waals surface area contributed by atoms with Crippen LogP contribution in [-0.2, 0) is 17.1 Å². The van der Waals surface area contributed by atoms with Crippen LogP contribution in [0.4, 0.5) is 39.5 Å². The van der Waals surface area contributed by atoms with Crippen LogP contribution in [-0.4, -0.2) is 24.1 Å². The van der Waals surface area contributed by atoms with Crippen molar-refractivity contribution < 1.29 is 61.7 Å². The molecule has 0 bridgehead atoms. The number of hydrogen-bond donors (Lipinski definition) is 0. The molecule has 0 amide bonds. The smallest absolute Gasteiger partial charge is 0.830 e. The zero-order valence-corrected chi connectivity index (χ0v) is 8.52. The van der Waals surface area contributed by atoms with Crippen LogP contribution in [0.1, 0.15) is 0 Å². The molecule has 0 saturated heterocycles. The first-order valence-corrected chi connectivity index (χ1v) is 2.65. The summed E-state index contributed by atoms with van der Waals surface area (Å²) in [7, 11) is 0. The predicted octanol–water partition coefficient (Wildman–Crippen LogP) is 3.20. The van der Waals surface area contributed by atoms with Crippen molar-refractivity contribution in [2.45, 2.75) is 24.1 Å². The van der Waals surface area contributed by atoms with E-state index in [1.165, 1.54) is 0 Å². The van der Waals surface area contributed by atoms with Gasteiger partial charge in [0.1, 0.15) is 0 Å². The Bertz CT molecular complexity index is 184. The second kappa shape index (κ2) is 6.09. The Hall–Kier alpha value is -0.231. The van der Waals surface area contributed by atoms with E-state index in [4.69, 9.17) is 0 Å². The van der Waals surface area contributed by atoms with Gasteiger partial charge >= 0.3 is 35.6 Å². The summed E-state index contributed by atoms with van der Waals surface area (Å²) in [6.45, 7) is 0. The SMILES string of the molecule is [Mn+3].[NH2-].[NH2-].[O-]C(C(F)(F)F)(C(F)(F)F)C(F)(F)F. The first-order valence-electron chi connectivity index (χ1n) is 2.65. The van der Waals surface area contributed by atoms with Crippen molar-refractivity contribution in [3.63, 3.8) is 0 Å². The van der Waals surface area contributed by atoms with Gasteiger partial charge in [-0.2, -0.15) is 39.5 Å². The third-order valence-electron chi connectivity index (χ3n) is 1.20. The molecule has 13 heteroatoms. The fraction of sp³-hybridized carbons (Fsp3) is 1.00. The van der Waals surface area contributed by atoms with E-state index in [1.54, 1.807) is 0 Å². The maximum atomic E-state index is 11.3. The van der Waals surface area contributed by atoms with Crippen LogP contribution in [0, 0.1) is 0 Å². The van der Waals surface area contributed by atoms with E-state index in [0.29, 0.717) is 0 Å². The van der Waals surface area contributed by atoms with Gasteiger partial charge in [-0.05, 0) is 0 Å². The molecule has 106 valence electrons. The van der Waals surface area contributed by atoms with Crippen molar-refractivity contribution in [1.29, 1.82) is 0 Å². The van der Waals surface area contributed by atoms with Crippen LogP contribution in [0.15, 0.2) is 0 Å². The number of alkyl halides is 9. The Morgan fingerprint density at radius 1 is 0.529 bits per heavy atom. The summed E-state index contributed by atoms with van der Waals surface area (Å²) in [6, 6.07) is 0. The van der Waals surface area contributed by atoms with Gasteiger partial charge in [-0.25, -0.2) is 0 Å². The van der Waals surface area contributed by atoms with Gasteiger partial charge < -0.3 is 17.4 Å². The zero-order chi connectivity index (χ0) is 12.0. The van der Waals surface area contributed by atoms with Crippen LogP contribution in [0.25, 0.3) is 12.3 Å². The first kappa shape index (κ1) is 25.6. The standard InChI is InChI=1S/C4F9O.Mn.2H2N/c5-2(6,7)1(14,3(8,9)10)4(11,12)13;;;/h;;2*1H2/q-1;+3;2*-1. The minimum atomic E-state index is -6.98. The third kappa shape index (κ3) is 4.17. The molecule has 0 saturated carbocycles. The molecular formula is C4H4F9MnN2O. The van der Waals surface area contributed by atoms with Crippen molar-refractivity contribution in [1.82, 2.24) is 0 Å². The van der Waals surface area contributed by atoms with E-state index in [2.05, 4.69) is 0 Å². The Balaban J connectivity index is -0.000000282. The average molecular weight is 322 g/mol. The van der Waals surface area contributed by atoms with Gasteiger partial charge in [0.25, 0.3) is 0 Å². The van der Waals surface area contributed by atoms with E-state index in [-0.39, 0.29) is 29.4 Å². The van der Waals surface area contributed by atoms with E-state index < -0.39 is 24.1 Å². The van der Waals surface area contributed by atoms with E-state index >= 15 is 0 Å². The third-order valence-corrected chi connectivity index (χ3v) is 1.20. The molecule has 4 N–H and O–H groups in total. The van der Waals surface area contributed by atoms with Crippen molar-refractivity contribution in [2.75, 3.05) is 0 Å². The van der Waals surface area contributed by atoms with E-state index in [1.807, 2.05) is 0 Å². The Morgan fingerprint density at radius 2 is 0.647 bits per heavy atom. The van der Waals surface area contributed by atoms with Gasteiger partial charge in [0.2, 0.25) is 0 Å². The molecular weight excluding hydrogens is 318 g/mol. The molecule has 0 aromatic carbocycles. The van der Waals surface area contributed by atoms with Crippen LogP contribution < -0.4 is 5.11 Å². The van der Waals surface area contributed by atoms with Gasteiger partial charge in [-0.15, -0.1) is 0 Å². The molecule has 0 heterocycles. The summed E-state index contributed by atoms with van der Waals surface area (Å²) in [5, 5.41) is 9.79. The molecule has 0 aliphatic carbocycles. The van der Waals surface area contributed by atoms with E-state index in [9.17, 15) is 44.6 Å². The maximum absolute atomic E-state index is 11.3. The molecule has 0 aromatic heterocycles. The molecule has 0 spiro atoms. The fourth-order valence-corrected chi connectivity index (χ4v) is 0.482. The molecule has 0 fully saturated rings. The summed E-state index contributed by atoms with van der Waals surface area (Å²) in [5.41, 5.74) is -6.94. The summed E-state index contributed by atoms with van der Waals surface area (Å²) >= 11 is 0. The van der Waals surface area contributed by atoms with Crippen molar-refractivity contribution in [3.8, 4) is 0 Å². The largest absolute Gasteiger partial charge is 3.00 e. The van der Waals surface area contributed by atoms with Crippen molar-refractivity contribution in [3.05, 3.63) is 12.3 Å². The first-order chi connectivity index (χ1) is 5.75. The fourth-order valence-electron chi connectivity index (χ4n) is 0.482. The molecule has 0 aromatic rings. The second-order valence-electron chi connectivity index (χ2n) is 2.17. The van der Waals surface area contributed by atoms with Crippen LogP contribution in [0.3, 0.4) is 0 Å². The Labute approximate surface area is 99.0 Å². The van der Waals surface area contributed by atoms with Gasteiger partial charge in [0.05, 0.1) is 0 Å². The molecule has 3 nitrogen and oxygen atoms in total. The molecule has 0 aliphatic heterocycles. The summed E-state index contributed by atoms with van der Waals surface area (Å²) < 4.78 is 102. The average Bonchev–Trinajstić information content (AvgIpc) is 1.77. The summed E-state index contributed by atoms with van der Waals surface area (Å²) in [5.74, 6) is 0. The molecule has 0 radical (unpaired) electrons. The molecule has 17 heavy (non-hydrogen) atoms. The number of hydrogen-bond acceptors (Lipinski definition) is 1. The second-order valence-corrected chi connectivity index (χ2v) is 2.17. The van der Waals surface area contributed by atoms with E-state index in [0.717, 1.165) is 0 Å². The van der Waals surface area contributed by atoms with Crippen LogP contribution >= 0.6 is 0 Å². The maximum Gasteiger partial charge on any atom is 3.00 e. The summed E-state index contributed by atoms with van der Waals surface area (Å²) in [4.78, 5) is 0. The molecule has 0 unspecified atom stereocenters. The number of halogens is 9. The minimum absolute atomic E-state index is 0. The van der Waals surface area contributed by atoms with Crippen molar-refractivity contribution in [2.24, 2.45) is 0 Å². The predicted molar refractivity (Wildman–Crippen MR) is 31.5 cm³/mol. The summed E-state index contributed by atoms with van der Waals surface area (Å²) in [6.07, 6.45) is -20.9. The minimum Gasteiger partial charge on any atom is -0.830 e. The number of nitrogens with two attached hydrogens (primary N) is 2. The zero-order valence-electron chi connectivity index (χ0n) is 7.34. The van der Waals surface area contributed by atoms with Crippen LogP contribution in [0.2, 0.25) is 0 Å². The Morgan fingerprint density at radius 3 is 0.647 bits per heavy atom. The molecule has 0 atom stereocenters. The van der Waals surface area contributed by atoms with Gasteiger partial charge in [-0.1, -0.05) is 0 Å². The number of rotatable bonds is 0. The van der Waals surface area contributed by atoms with Crippen molar-refractivity contribution >= 4 is 0 Å². The normalized spacial score (nSPS) is 13.1. The van der Waals surface area contributed by atoms with Gasteiger partial charge in [-0.3, -0.25) is 0 Å². The van der Waals surface area contributed by atoms with Gasteiger partial charge in [0, 0.05) is 0 Å². The topological polar surface area (TPSA) is 90.1 Å². The quantitative estimate of drug-likeness (QED) is 0.497. The van der Waals surface area contributed by atoms with Gasteiger partial charge in [0.15, 0.2) is 5.60 Å².